The molecular weight excluding hydrogens is 372 g/mol. The molecule has 0 saturated carbocycles. The SMILES string of the molecule is COc1ccc(CC(=O)NCCc2cc3cc4c(cc3[nH]c2=O)OCCO4)cc1. The number of pyridine rings is 1. The lowest BCUT2D eigenvalue weighted by Crippen LogP contribution is -2.28. The lowest BCUT2D eigenvalue weighted by atomic mass is 10.1. The van der Waals surface area contributed by atoms with E-state index >= 15 is 0 Å². The molecule has 1 amide bonds. The molecule has 1 aliphatic rings. The van der Waals surface area contributed by atoms with Crippen molar-refractivity contribution in [3.05, 3.63) is 63.9 Å². The Bertz CT molecular complexity index is 1090. The first-order chi connectivity index (χ1) is 14.1. The molecule has 7 heteroatoms. The predicted molar refractivity (Wildman–Crippen MR) is 109 cm³/mol. The highest BCUT2D eigenvalue weighted by atomic mass is 16.6. The number of amides is 1. The molecule has 4 rings (SSSR count). The number of hydrogen-bond donors (Lipinski definition) is 2. The van der Waals surface area contributed by atoms with Crippen molar-refractivity contribution in [2.75, 3.05) is 26.9 Å². The van der Waals surface area contributed by atoms with Crippen LogP contribution in [0.25, 0.3) is 10.9 Å². The van der Waals surface area contributed by atoms with E-state index in [1.165, 1.54) is 0 Å². The molecule has 150 valence electrons. The van der Waals surface area contributed by atoms with Crippen LogP contribution in [-0.2, 0) is 17.6 Å². The van der Waals surface area contributed by atoms with Crippen LogP contribution in [0.2, 0.25) is 0 Å². The van der Waals surface area contributed by atoms with Gasteiger partial charge in [-0.05, 0) is 36.2 Å². The van der Waals surface area contributed by atoms with E-state index < -0.39 is 0 Å². The normalized spacial score (nSPS) is 12.6. The summed E-state index contributed by atoms with van der Waals surface area (Å²) in [6.07, 6.45) is 0.718. The Morgan fingerprint density at radius 2 is 1.83 bits per heavy atom. The zero-order valence-corrected chi connectivity index (χ0v) is 16.1. The number of H-pyrrole nitrogens is 1. The summed E-state index contributed by atoms with van der Waals surface area (Å²) in [5.41, 5.74) is 2.04. The molecule has 2 aromatic carbocycles. The summed E-state index contributed by atoms with van der Waals surface area (Å²) in [5, 5.41) is 3.73. The fourth-order valence-corrected chi connectivity index (χ4v) is 3.30. The van der Waals surface area contributed by atoms with Crippen molar-refractivity contribution in [3.8, 4) is 17.2 Å². The van der Waals surface area contributed by atoms with Crippen molar-refractivity contribution in [1.82, 2.24) is 10.3 Å². The van der Waals surface area contributed by atoms with E-state index in [0.29, 0.717) is 48.8 Å². The third-order valence-corrected chi connectivity index (χ3v) is 4.82. The summed E-state index contributed by atoms with van der Waals surface area (Å²) in [4.78, 5) is 27.4. The second-order valence-corrected chi connectivity index (χ2v) is 6.83. The molecule has 3 aromatic rings. The highest BCUT2D eigenvalue weighted by Gasteiger charge is 2.14. The van der Waals surface area contributed by atoms with Gasteiger partial charge in [0.25, 0.3) is 5.56 Å². The minimum atomic E-state index is -0.168. The molecule has 0 radical (unpaired) electrons. The van der Waals surface area contributed by atoms with Crippen molar-refractivity contribution in [2.45, 2.75) is 12.8 Å². The smallest absolute Gasteiger partial charge is 0.251 e. The van der Waals surface area contributed by atoms with E-state index in [4.69, 9.17) is 14.2 Å². The number of carbonyl (C=O) groups excluding carboxylic acids is 1. The number of aromatic amines is 1. The number of aromatic nitrogens is 1. The first kappa shape index (κ1) is 18.9. The molecule has 0 fully saturated rings. The Labute approximate surface area is 167 Å². The lowest BCUT2D eigenvalue weighted by molar-refractivity contribution is -0.120. The quantitative estimate of drug-likeness (QED) is 0.669. The van der Waals surface area contributed by atoms with E-state index in [1.807, 2.05) is 36.4 Å². The Morgan fingerprint density at radius 1 is 1.10 bits per heavy atom. The van der Waals surface area contributed by atoms with Crippen LogP contribution < -0.4 is 25.1 Å². The van der Waals surface area contributed by atoms with Gasteiger partial charge in [-0.1, -0.05) is 12.1 Å². The predicted octanol–water partition coefficient (Wildman–Crippen LogP) is 2.21. The molecule has 29 heavy (non-hydrogen) atoms. The summed E-state index contributed by atoms with van der Waals surface area (Å²) in [5.74, 6) is 1.97. The molecular formula is C22H22N2O5. The van der Waals surface area contributed by atoms with E-state index in [9.17, 15) is 9.59 Å². The van der Waals surface area contributed by atoms with E-state index in [2.05, 4.69) is 10.3 Å². The van der Waals surface area contributed by atoms with Gasteiger partial charge in [0.15, 0.2) is 11.5 Å². The minimum absolute atomic E-state index is 0.0907. The van der Waals surface area contributed by atoms with Gasteiger partial charge in [0.1, 0.15) is 19.0 Å². The number of benzene rings is 2. The van der Waals surface area contributed by atoms with Gasteiger partial charge in [-0.15, -0.1) is 0 Å². The highest BCUT2D eigenvalue weighted by Crippen LogP contribution is 2.33. The molecule has 0 spiro atoms. The van der Waals surface area contributed by atoms with Crippen molar-refractivity contribution >= 4 is 16.8 Å². The monoisotopic (exact) mass is 394 g/mol. The second-order valence-electron chi connectivity index (χ2n) is 6.83. The Kier molecular flexibility index (Phi) is 5.37. The molecule has 7 nitrogen and oxygen atoms in total. The maximum atomic E-state index is 12.4. The number of fused-ring (bicyclic) bond motifs is 2. The van der Waals surface area contributed by atoms with Crippen LogP contribution in [0.4, 0.5) is 0 Å². The first-order valence-electron chi connectivity index (χ1n) is 9.47. The zero-order chi connectivity index (χ0) is 20.2. The Morgan fingerprint density at radius 3 is 2.55 bits per heavy atom. The number of rotatable bonds is 6. The van der Waals surface area contributed by atoms with Crippen molar-refractivity contribution < 1.29 is 19.0 Å². The van der Waals surface area contributed by atoms with Gasteiger partial charge in [0.2, 0.25) is 5.91 Å². The molecule has 0 atom stereocenters. The maximum absolute atomic E-state index is 12.4. The first-order valence-corrected chi connectivity index (χ1v) is 9.47. The van der Waals surface area contributed by atoms with Crippen molar-refractivity contribution in [1.29, 1.82) is 0 Å². The molecule has 2 heterocycles. The average molecular weight is 394 g/mol. The van der Waals surface area contributed by atoms with Crippen LogP contribution in [0.5, 0.6) is 17.2 Å². The summed E-state index contributed by atoms with van der Waals surface area (Å²) in [6.45, 7) is 1.39. The number of hydrogen-bond acceptors (Lipinski definition) is 5. The number of methoxy groups -OCH3 is 1. The van der Waals surface area contributed by atoms with Gasteiger partial charge in [0, 0.05) is 23.6 Å². The molecule has 1 aromatic heterocycles. The highest BCUT2D eigenvalue weighted by molar-refractivity contribution is 5.83. The average Bonchev–Trinajstić information content (AvgIpc) is 2.73. The second kappa shape index (κ2) is 8.26. The lowest BCUT2D eigenvalue weighted by Gasteiger charge is -2.18. The summed E-state index contributed by atoms with van der Waals surface area (Å²) >= 11 is 0. The van der Waals surface area contributed by atoms with Crippen LogP contribution in [0, 0.1) is 0 Å². The van der Waals surface area contributed by atoms with Crippen LogP contribution in [-0.4, -0.2) is 37.8 Å². The van der Waals surface area contributed by atoms with Crippen LogP contribution in [0.1, 0.15) is 11.1 Å². The van der Waals surface area contributed by atoms with Gasteiger partial charge in [-0.3, -0.25) is 9.59 Å². The van der Waals surface area contributed by atoms with Crippen LogP contribution >= 0.6 is 0 Å². The molecule has 0 bridgehead atoms. The van der Waals surface area contributed by atoms with E-state index in [0.717, 1.165) is 16.7 Å². The van der Waals surface area contributed by atoms with Crippen molar-refractivity contribution in [2.24, 2.45) is 0 Å². The fourth-order valence-electron chi connectivity index (χ4n) is 3.30. The number of ether oxygens (including phenoxy) is 3. The molecule has 0 saturated heterocycles. The topological polar surface area (TPSA) is 89.7 Å². The van der Waals surface area contributed by atoms with Crippen LogP contribution in [0.3, 0.4) is 0 Å². The third-order valence-electron chi connectivity index (χ3n) is 4.82. The Hall–Kier alpha value is -3.48. The molecule has 2 N–H and O–H groups in total. The maximum Gasteiger partial charge on any atom is 0.251 e. The zero-order valence-electron chi connectivity index (χ0n) is 16.1. The third kappa shape index (κ3) is 4.34. The van der Waals surface area contributed by atoms with Gasteiger partial charge in [-0.25, -0.2) is 0 Å². The van der Waals surface area contributed by atoms with E-state index in [1.54, 1.807) is 13.2 Å². The summed E-state index contributed by atoms with van der Waals surface area (Å²) < 4.78 is 16.3. The largest absolute Gasteiger partial charge is 0.497 e. The van der Waals surface area contributed by atoms with Gasteiger partial charge < -0.3 is 24.5 Å². The molecule has 1 aliphatic heterocycles. The van der Waals surface area contributed by atoms with E-state index in [-0.39, 0.29) is 17.9 Å². The van der Waals surface area contributed by atoms with Gasteiger partial charge >= 0.3 is 0 Å². The summed E-state index contributed by atoms with van der Waals surface area (Å²) in [6, 6.07) is 12.9. The van der Waals surface area contributed by atoms with Crippen molar-refractivity contribution in [3.63, 3.8) is 0 Å². The fraction of sp³-hybridized carbons (Fsp3) is 0.273. The molecule has 0 unspecified atom stereocenters. The van der Waals surface area contributed by atoms with Gasteiger partial charge in [-0.2, -0.15) is 0 Å². The van der Waals surface area contributed by atoms with Crippen LogP contribution in [0.15, 0.2) is 47.3 Å². The number of carbonyl (C=O) groups is 1. The minimum Gasteiger partial charge on any atom is -0.497 e. The molecule has 0 aliphatic carbocycles. The number of nitrogens with one attached hydrogen (secondary N) is 2. The summed E-state index contributed by atoms with van der Waals surface area (Å²) in [7, 11) is 1.60. The van der Waals surface area contributed by atoms with Gasteiger partial charge in [0.05, 0.1) is 19.0 Å². The Balaban J connectivity index is 1.39. The standard InChI is InChI=1S/C22H22N2O5/c1-27-17-4-2-14(3-5-17)10-21(25)23-7-6-15-11-16-12-19-20(29-9-8-28-19)13-18(16)24-22(15)26/h2-5,11-13H,6-10H2,1H3,(H,23,25)(H,24,26).